The molecule has 0 aromatic heterocycles. The smallest absolute Gasteiger partial charge is 0.0326 e. The van der Waals surface area contributed by atoms with Gasteiger partial charge in [0.25, 0.3) is 0 Å². The molecule has 0 fully saturated rings. The van der Waals surface area contributed by atoms with Gasteiger partial charge >= 0.3 is 0 Å². The van der Waals surface area contributed by atoms with Crippen molar-refractivity contribution in [1.29, 1.82) is 0 Å². The third kappa shape index (κ3) is 3.08. The maximum absolute atomic E-state index is 6.46. The highest BCUT2D eigenvalue weighted by Gasteiger charge is 2.25. The van der Waals surface area contributed by atoms with Gasteiger partial charge in [0.1, 0.15) is 0 Å². The molecule has 2 aromatic rings. The van der Waals surface area contributed by atoms with E-state index in [9.17, 15) is 0 Å². The van der Waals surface area contributed by atoms with Crippen LogP contribution >= 0.6 is 11.8 Å². The summed E-state index contributed by atoms with van der Waals surface area (Å²) in [7, 11) is 0. The van der Waals surface area contributed by atoms with Gasteiger partial charge in [0.15, 0.2) is 0 Å². The number of aryl methyl sites for hydroxylation is 1. The number of nitrogens with two attached hydrogens (primary N) is 1. The van der Waals surface area contributed by atoms with Gasteiger partial charge < -0.3 is 5.73 Å². The van der Waals surface area contributed by atoms with E-state index >= 15 is 0 Å². The van der Waals surface area contributed by atoms with Crippen LogP contribution in [0.15, 0.2) is 59.5 Å². The molecule has 0 saturated carbocycles. The molecule has 1 nitrogen and oxygen atoms in total. The Morgan fingerprint density at radius 3 is 2.60 bits per heavy atom. The van der Waals surface area contributed by atoms with Crippen molar-refractivity contribution in [2.24, 2.45) is 11.7 Å². The highest BCUT2D eigenvalue weighted by molar-refractivity contribution is 7.99. The van der Waals surface area contributed by atoms with Crippen LogP contribution in [0.1, 0.15) is 30.0 Å². The fraction of sp³-hybridized carbons (Fsp3) is 0.333. The van der Waals surface area contributed by atoms with E-state index in [1.165, 1.54) is 35.3 Å². The first kappa shape index (κ1) is 13.7. The van der Waals surface area contributed by atoms with Crippen molar-refractivity contribution in [2.45, 2.75) is 30.2 Å². The van der Waals surface area contributed by atoms with Gasteiger partial charge in [-0.15, -0.1) is 11.8 Å². The molecule has 1 aliphatic rings. The molecule has 0 aliphatic heterocycles. The van der Waals surface area contributed by atoms with Crippen LogP contribution < -0.4 is 5.73 Å². The van der Waals surface area contributed by atoms with Gasteiger partial charge in [0.2, 0.25) is 0 Å². The van der Waals surface area contributed by atoms with Crippen LogP contribution in [0.2, 0.25) is 0 Å². The number of benzene rings is 2. The molecule has 2 N–H and O–H groups in total. The second-order valence-electron chi connectivity index (χ2n) is 5.47. The van der Waals surface area contributed by atoms with Gasteiger partial charge in [-0.3, -0.25) is 0 Å². The zero-order valence-electron chi connectivity index (χ0n) is 11.7. The van der Waals surface area contributed by atoms with Gasteiger partial charge in [-0.05, 0) is 54.2 Å². The van der Waals surface area contributed by atoms with Crippen molar-refractivity contribution in [2.75, 3.05) is 5.75 Å². The van der Waals surface area contributed by atoms with Crippen LogP contribution in [0.3, 0.4) is 0 Å². The Bertz CT molecular complexity index is 552. The van der Waals surface area contributed by atoms with Crippen LogP contribution in [0.5, 0.6) is 0 Å². The molecule has 104 valence electrons. The fourth-order valence-corrected chi connectivity index (χ4v) is 4.04. The van der Waals surface area contributed by atoms with E-state index < -0.39 is 0 Å². The molecule has 0 saturated heterocycles. The van der Waals surface area contributed by atoms with E-state index in [2.05, 4.69) is 54.6 Å². The van der Waals surface area contributed by atoms with Gasteiger partial charge in [-0.2, -0.15) is 0 Å². The van der Waals surface area contributed by atoms with Gasteiger partial charge in [0, 0.05) is 10.9 Å². The first-order chi connectivity index (χ1) is 9.84. The molecule has 2 heteroatoms. The predicted octanol–water partition coefficient (Wildman–Crippen LogP) is 4.43. The highest BCUT2D eigenvalue weighted by atomic mass is 32.2. The molecular formula is C18H21NS. The number of hydrogen-bond donors (Lipinski definition) is 1. The van der Waals surface area contributed by atoms with Crippen molar-refractivity contribution >= 4 is 11.8 Å². The van der Waals surface area contributed by atoms with Crippen molar-refractivity contribution in [3.63, 3.8) is 0 Å². The van der Waals surface area contributed by atoms with E-state index in [0.717, 1.165) is 5.75 Å². The lowest BCUT2D eigenvalue weighted by atomic mass is 9.79. The molecule has 0 spiro atoms. The zero-order chi connectivity index (χ0) is 13.8. The Labute approximate surface area is 125 Å². The molecular weight excluding hydrogens is 262 g/mol. The normalized spacial score (nSPS) is 21.4. The number of rotatable bonds is 4. The maximum Gasteiger partial charge on any atom is 0.0326 e. The van der Waals surface area contributed by atoms with Crippen molar-refractivity contribution < 1.29 is 0 Å². The van der Waals surface area contributed by atoms with Crippen LogP contribution in [0, 0.1) is 5.92 Å². The summed E-state index contributed by atoms with van der Waals surface area (Å²) in [6.07, 6.45) is 3.62. The van der Waals surface area contributed by atoms with Gasteiger partial charge in [-0.1, -0.05) is 42.5 Å². The second-order valence-corrected chi connectivity index (χ2v) is 6.64. The molecule has 2 unspecified atom stereocenters. The average Bonchev–Trinajstić information content (AvgIpc) is 2.51. The Balaban J connectivity index is 1.57. The lowest BCUT2D eigenvalue weighted by molar-refractivity contribution is 0.370. The minimum absolute atomic E-state index is 0.219. The topological polar surface area (TPSA) is 26.0 Å². The van der Waals surface area contributed by atoms with Gasteiger partial charge in [-0.25, -0.2) is 0 Å². The highest BCUT2D eigenvalue weighted by Crippen LogP contribution is 2.35. The SMILES string of the molecule is NC1c2ccccc2CCC1CCSc1ccccc1. The quantitative estimate of drug-likeness (QED) is 0.840. The molecule has 2 aromatic carbocycles. The minimum Gasteiger partial charge on any atom is -0.324 e. The fourth-order valence-electron chi connectivity index (χ4n) is 3.03. The zero-order valence-corrected chi connectivity index (χ0v) is 12.5. The maximum atomic E-state index is 6.46. The molecule has 2 atom stereocenters. The molecule has 0 heterocycles. The Morgan fingerprint density at radius 2 is 1.75 bits per heavy atom. The largest absolute Gasteiger partial charge is 0.324 e. The monoisotopic (exact) mass is 283 g/mol. The summed E-state index contributed by atoms with van der Waals surface area (Å²) in [4.78, 5) is 1.36. The third-order valence-corrected chi connectivity index (χ3v) is 5.25. The number of fused-ring (bicyclic) bond motifs is 1. The van der Waals surface area contributed by atoms with Crippen molar-refractivity contribution in [3.05, 3.63) is 65.7 Å². The van der Waals surface area contributed by atoms with E-state index in [0.29, 0.717) is 5.92 Å². The Kier molecular flexibility index (Phi) is 4.44. The summed E-state index contributed by atoms with van der Waals surface area (Å²) in [5.41, 5.74) is 9.28. The third-order valence-electron chi connectivity index (χ3n) is 4.21. The van der Waals surface area contributed by atoms with E-state index in [1.807, 2.05) is 11.8 Å². The summed E-state index contributed by atoms with van der Waals surface area (Å²) in [5, 5.41) is 0. The standard InChI is InChI=1S/C18H21NS/c19-18-15(11-10-14-6-4-5-9-17(14)18)12-13-20-16-7-2-1-3-8-16/h1-9,15,18H,10-13,19H2. The molecule has 0 amide bonds. The average molecular weight is 283 g/mol. The summed E-state index contributed by atoms with van der Waals surface area (Å²) >= 11 is 1.94. The Morgan fingerprint density at radius 1 is 1.00 bits per heavy atom. The molecule has 0 bridgehead atoms. The molecule has 0 radical (unpaired) electrons. The molecule has 20 heavy (non-hydrogen) atoms. The lowest BCUT2D eigenvalue weighted by Gasteiger charge is -2.31. The van der Waals surface area contributed by atoms with Crippen LogP contribution in [-0.4, -0.2) is 5.75 Å². The summed E-state index contributed by atoms with van der Waals surface area (Å²) < 4.78 is 0. The minimum atomic E-state index is 0.219. The van der Waals surface area contributed by atoms with Crippen LogP contribution in [0.25, 0.3) is 0 Å². The lowest BCUT2D eigenvalue weighted by Crippen LogP contribution is -2.27. The second kappa shape index (κ2) is 6.47. The molecule has 3 rings (SSSR count). The van der Waals surface area contributed by atoms with E-state index in [1.54, 1.807) is 0 Å². The van der Waals surface area contributed by atoms with Crippen LogP contribution in [-0.2, 0) is 6.42 Å². The van der Waals surface area contributed by atoms with Crippen molar-refractivity contribution in [1.82, 2.24) is 0 Å². The van der Waals surface area contributed by atoms with Crippen molar-refractivity contribution in [3.8, 4) is 0 Å². The first-order valence-electron chi connectivity index (χ1n) is 7.36. The Hall–Kier alpha value is -1.25. The van der Waals surface area contributed by atoms with Crippen LogP contribution in [0.4, 0.5) is 0 Å². The summed E-state index contributed by atoms with van der Waals surface area (Å²) in [6.45, 7) is 0. The number of thioether (sulfide) groups is 1. The summed E-state index contributed by atoms with van der Waals surface area (Å²) in [5.74, 6) is 1.78. The van der Waals surface area contributed by atoms with Gasteiger partial charge in [0.05, 0.1) is 0 Å². The predicted molar refractivity (Wildman–Crippen MR) is 87.0 cm³/mol. The first-order valence-corrected chi connectivity index (χ1v) is 8.34. The van der Waals surface area contributed by atoms with E-state index in [4.69, 9.17) is 5.73 Å². The number of hydrogen-bond acceptors (Lipinski definition) is 2. The molecule has 1 aliphatic carbocycles. The summed E-state index contributed by atoms with van der Waals surface area (Å²) in [6, 6.07) is 19.5. The van der Waals surface area contributed by atoms with E-state index in [-0.39, 0.29) is 6.04 Å².